The maximum atomic E-state index is 12.6. The molecule has 1 aromatic carbocycles. The second-order valence-electron chi connectivity index (χ2n) is 6.01. The molecule has 0 radical (unpaired) electrons. The second kappa shape index (κ2) is 6.58. The van der Waals surface area contributed by atoms with Crippen LogP contribution in [-0.4, -0.2) is 18.2 Å². The van der Waals surface area contributed by atoms with Crippen LogP contribution in [0.2, 0.25) is 0 Å². The molecule has 0 aliphatic heterocycles. The van der Waals surface area contributed by atoms with E-state index in [1.165, 1.54) is 0 Å². The molecule has 0 unspecified atom stereocenters. The Morgan fingerprint density at radius 3 is 2.32 bits per heavy atom. The monoisotopic (exact) mass is 314 g/mol. The first-order valence-corrected chi connectivity index (χ1v) is 7.47. The minimum atomic E-state index is -4.12. The van der Waals surface area contributed by atoms with Gasteiger partial charge in [0.15, 0.2) is 0 Å². The summed E-state index contributed by atoms with van der Waals surface area (Å²) in [6.07, 6.45) is -3.22. The van der Waals surface area contributed by atoms with Crippen molar-refractivity contribution in [1.29, 1.82) is 0 Å². The van der Waals surface area contributed by atoms with Gasteiger partial charge in [0, 0.05) is 11.7 Å². The lowest BCUT2D eigenvalue weighted by molar-refractivity contribution is -0.182. The Balaban J connectivity index is 1.83. The van der Waals surface area contributed by atoms with Crippen LogP contribution < -0.4 is 10.6 Å². The molecule has 0 heterocycles. The van der Waals surface area contributed by atoms with Crippen molar-refractivity contribution in [3.63, 3.8) is 0 Å². The predicted octanol–water partition coefficient (Wildman–Crippen LogP) is 4.55. The highest BCUT2D eigenvalue weighted by Crippen LogP contribution is 2.37. The Hall–Kier alpha value is -1.72. The zero-order valence-corrected chi connectivity index (χ0v) is 12.8. The quantitative estimate of drug-likeness (QED) is 0.826. The summed E-state index contributed by atoms with van der Waals surface area (Å²) in [6.45, 7) is 3.87. The Bertz CT molecular complexity index is 535. The summed E-state index contributed by atoms with van der Waals surface area (Å²) in [7, 11) is 0. The molecule has 0 aromatic heterocycles. The van der Waals surface area contributed by atoms with Crippen LogP contribution in [0.5, 0.6) is 0 Å². The van der Waals surface area contributed by atoms with Gasteiger partial charge in [-0.05, 0) is 51.2 Å². The number of carbonyl (C=O) groups excluding carboxylic acids is 1. The molecule has 2 N–H and O–H groups in total. The van der Waals surface area contributed by atoms with Crippen LogP contribution >= 0.6 is 0 Å². The fourth-order valence-corrected chi connectivity index (χ4v) is 2.86. The van der Waals surface area contributed by atoms with Crippen molar-refractivity contribution in [2.75, 3.05) is 5.32 Å². The third-order valence-electron chi connectivity index (χ3n) is 4.16. The van der Waals surface area contributed by atoms with Crippen molar-refractivity contribution >= 4 is 11.7 Å². The molecule has 22 heavy (non-hydrogen) atoms. The lowest BCUT2D eigenvalue weighted by Gasteiger charge is -2.30. The highest BCUT2D eigenvalue weighted by molar-refractivity contribution is 5.90. The number of hydrogen-bond acceptors (Lipinski definition) is 1. The molecule has 6 heteroatoms. The Morgan fingerprint density at radius 1 is 1.14 bits per heavy atom. The van der Waals surface area contributed by atoms with E-state index in [1.807, 2.05) is 32.0 Å². The van der Waals surface area contributed by atoms with Crippen molar-refractivity contribution in [3.05, 3.63) is 29.3 Å². The molecule has 0 bridgehead atoms. The Morgan fingerprint density at radius 2 is 1.77 bits per heavy atom. The number of carbonyl (C=O) groups is 1. The maximum absolute atomic E-state index is 12.6. The average molecular weight is 314 g/mol. The van der Waals surface area contributed by atoms with Gasteiger partial charge < -0.3 is 10.6 Å². The van der Waals surface area contributed by atoms with Crippen LogP contribution in [0.15, 0.2) is 18.2 Å². The van der Waals surface area contributed by atoms with Crippen molar-refractivity contribution in [2.45, 2.75) is 51.7 Å². The van der Waals surface area contributed by atoms with E-state index in [-0.39, 0.29) is 24.9 Å². The van der Waals surface area contributed by atoms with Crippen molar-refractivity contribution in [1.82, 2.24) is 5.32 Å². The van der Waals surface area contributed by atoms with Crippen molar-refractivity contribution < 1.29 is 18.0 Å². The van der Waals surface area contributed by atoms with Gasteiger partial charge >= 0.3 is 12.2 Å². The highest BCUT2D eigenvalue weighted by Gasteiger charge is 2.41. The van der Waals surface area contributed by atoms with Crippen LogP contribution in [0, 0.1) is 19.8 Å². The molecule has 122 valence electrons. The first-order chi connectivity index (χ1) is 10.3. The SMILES string of the molecule is Cc1ccc(NC(=O)NC2CCC(C(F)(F)F)CC2)c(C)c1. The van der Waals surface area contributed by atoms with E-state index in [0.29, 0.717) is 18.5 Å². The van der Waals surface area contributed by atoms with Crippen LogP contribution in [0.4, 0.5) is 23.7 Å². The third-order valence-corrected chi connectivity index (χ3v) is 4.16. The van der Waals surface area contributed by atoms with Crippen molar-refractivity contribution in [3.8, 4) is 0 Å². The summed E-state index contributed by atoms with van der Waals surface area (Å²) in [5, 5.41) is 5.52. The van der Waals surface area contributed by atoms with Crippen LogP contribution in [-0.2, 0) is 0 Å². The van der Waals surface area contributed by atoms with E-state index >= 15 is 0 Å². The van der Waals surface area contributed by atoms with E-state index < -0.39 is 12.1 Å². The van der Waals surface area contributed by atoms with Crippen LogP contribution in [0.25, 0.3) is 0 Å². The summed E-state index contributed by atoms with van der Waals surface area (Å²) in [5.74, 6) is -1.23. The van der Waals surface area contributed by atoms with Crippen LogP contribution in [0.3, 0.4) is 0 Å². The number of anilines is 1. The molecule has 2 rings (SSSR count). The molecule has 1 aliphatic carbocycles. The number of hydrogen-bond donors (Lipinski definition) is 2. The lowest BCUT2D eigenvalue weighted by Crippen LogP contribution is -2.42. The predicted molar refractivity (Wildman–Crippen MR) is 79.9 cm³/mol. The van der Waals surface area contributed by atoms with E-state index in [9.17, 15) is 18.0 Å². The van der Waals surface area contributed by atoms with Gasteiger partial charge in [-0.3, -0.25) is 0 Å². The third kappa shape index (κ3) is 4.39. The van der Waals surface area contributed by atoms with Gasteiger partial charge in [0.2, 0.25) is 0 Å². The van der Waals surface area contributed by atoms with Gasteiger partial charge in [0.1, 0.15) is 0 Å². The molecule has 3 nitrogen and oxygen atoms in total. The molecular weight excluding hydrogens is 293 g/mol. The summed E-state index contributed by atoms with van der Waals surface area (Å²) >= 11 is 0. The highest BCUT2D eigenvalue weighted by atomic mass is 19.4. The molecule has 1 fully saturated rings. The Kier molecular flexibility index (Phi) is 4.98. The summed E-state index contributed by atoms with van der Waals surface area (Å²) in [4.78, 5) is 12.0. The first kappa shape index (κ1) is 16.6. The molecule has 0 spiro atoms. The van der Waals surface area contributed by atoms with E-state index in [2.05, 4.69) is 10.6 Å². The van der Waals surface area contributed by atoms with E-state index in [1.54, 1.807) is 0 Å². The standard InChI is InChI=1S/C16H21F3N2O/c1-10-3-8-14(11(2)9-10)21-15(22)20-13-6-4-12(5-7-13)16(17,18)19/h3,8-9,12-13H,4-7H2,1-2H3,(H2,20,21,22). The number of alkyl halides is 3. The number of nitrogens with one attached hydrogen (secondary N) is 2. The number of amides is 2. The number of urea groups is 1. The van der Waals surface area contributed by atoms with E-state index in [4.69, 9.17) is 0 Å². The van der Waals surface area contributed by atoms with Gasteiger partial charge in [0.05, 0.1) is 5.92 Å². The van der Waals surface area contributed by atoms with Gasteiger partial charge in [-0.2, -0.15) is 13.2 Å². The Labute approximate surface area is 128 Å². The van der Waals surface area contributed by atoms with E-state index in [0.717, 1.165) is 11.1 Å². The fourth-order valence-electron chi connectivity index (χ4n) is 2.86. The normalized spacial score (nSPS) is 22.2. The zero-order chi connectivity index (χ0) is 16.3. The van der Waals surface area contributed by atoms with Gasteiger partial charge in [-0.1, -0.05) is 17.7 Å². The molecule has 0 saturated heterocycles. The summed E-state index contributed by atoms with van der Waals surface area (Å²) in [5.41, 5.74) is 2.77. The molecule has 1 saturated carbocycles. The maximum Gasteiger partial charge on any atom is 0.391 e. The largest absolute Gasteiger partial charge is 0.391 e. The lowest BCUT2D eigenvalue weighted by atomic mass is 9.86. The number of rotatable bonds is 2. The van der Waals surface area contributed by atoms with Gasteiger partial charge in [0.25, 0.3) is 0 Å². The molecule has 1 aromatic rings. The minimum Gasteiger partial charge on any atom is -0.335 e. The molecule has 0 atom stereocenters. The number of benzene rings is 1. The van der Waals surface area contributed by atoms with Crippen molar-refractivity contribution in [2.24, 2.45) is 5.92 Å². The number of aryl methyl sites for hydroxylation is 2. The van der Waals surface area contributed by atoms with Crippen LogP contribution in [0.1, 0.15) is 36.8 Å². The zero-order valence-electron chi connectivity index (χ0n) is 12.8. The molecular formula is C16H21F3N2O. The molecule has 2 amide bonds. The first-order valence-electron chi connectivity index (χ1n) is 7.47. The average Bonchev–Trinajstić information content (AvgIpc) is 2.41. The minimum absolute atomic E-state index is 0.0814. The molecule has 1 aliphatic rings. The van der Waals surface area contributed by atoms with Gasteiger partial charge in [-0.25, -0.2) is 4.79 Å². The smallest absolute Gasteiger partial charge is 0.335 e. The summed E-state index contributed by atoms with van der Waals surface area (Å²) < 4.78 is 37.8. The topological polar surface area (TPSA) is 41.1 Å². The van der Waals surface area contributed by atoms with Gasteiger partial charge in [-0.15, -0.1) is 0 Å². The second-order valence-corrected chi connectivity index (χ2v) is 6.01. The summed E-state index contributed by atoms with van der Waals surface area (Å²) in [6, 6.07) is 5.14. The fraction of sp³-hybridized carbons (Fsp3) is 0.562. The number of halogens is 3.